The number of urea groups is 1. The molecule has 0 radical (unpaired) electrons. The Hall–Kier alpha value is -3.87. The van der Waals surface area contributed by atoms with Crippen LogP contribution in [-0.4, -0.2) is 47.2 Å². The summed E-state index contributed by atoms with van der Waals surface area (Å²) in [6.45, 7) is 2.02. The first-order chi connectivity index (χ1) is 15.5. The molecular weight excluding hydrogens is 432 g/mol. The molecule has 0 atom stereocenters. The number of nitriles is 1. The molecule has 1 saturated heterocycles. The van der Waals surface area contributed by atoms with Gasteiger partial charge in [-0.3, -0.25) is 9.78 Å². The quantitative estimate of drug-likeness (QED) is 0.558. The van der Waals surface area contributed by atoms with Crippen LogP contribution in [0.1, 0.15) is 5.56 Å². The Kier molecular flexibility index (Phi) is 6.35. The first-order valence-corrected chi connectivity index (χ1v) is 10.2. The van der Waals surface area contributed by atoms with Crippen molar-refractivity contribution in [3.63, 3.8) is 0 Å². The molecule has 32 heavy (non-hydrogen) atoms. The van der Waals surface area contributed by atoms with Crippen LogP contribution in [0.15, 0.2) is 53.3 Å². The lowest BCUT2D eigenvalue weighted by atomic mass is 10.1. The summed E-state index contributed by atoms with van der Waals surface area (Å²) < 4.78 is 5.27. The van der Waals surface area contributed by atoms with E-state index < -0.39 is 5.56 Å². The van der Waals surface area contributed by atoms with Crippen LogP contribution >= 0.6 is 11.6 Å². The van der Waals surface area contributed by atoms with Gasteiger partial charge < -0.3 is 20.3 Å². The van der Waals surface area contributed by atoms with Gasteiger partial charge >= 0.3 is 6.03 Å². The summed E-state index contributed by atoms with van der Waals surface area (Å²) in [6, 6.07) is 15.4. The molecule has 3 N–H and O–H groups in total. The number of hydrogen-bond donors (Lipinski definition) is 3. The zero-order chi connectivity index (χ0) is 22.5. The van der Waals surface area contributed by atoms with Crippen LogP contribution in [0.3, 0.4) is 0 Å². The molecule has 1 aliphatic rings. The average molecular weight is 451 g/mol. The van der Waals surface area contributed by atoms with E-state index in [9.17, 15) is 14.9 Å². The zero-order valence-electron chi connectivity index (χ0n) is 16.9. The second-order valence-corrected chi connectivity index (χ2v) is 7.43. The van der Waals surface area contributed by atoms with Gasteiger partial charge in [0, 0.05) is 35.1 Å². The molecule has 2 aromatic carbocycles. The number of carbonyl (C=O) groups is 1. The fourth-order valence-electron chi connectivity index (χ4n) is 3.23. The van der Waals surface area contributed by atoms with Crippen molar-refractivity contribution in [2.75, 3.05) is 36.9 Å². The van der Waals surface area contributed by atoms with Crippen molar-refractivity contribution in [3.8, 4) is 17.3 Å². The van der Waals surface area contributed by atoms with E-state index in [0.717, 1.165) is 0 Å². The first kappa shape index (κ1) is 21.4. The maximum absolute atomic E-state index is 12.5. The summed E-state index contributed by atoms with van der Waals surface area (Å²) in [4.78, 5) is 33.7. The van der Waals surface area contributed by atoms with Gasteiger partial charge in [-0.15, -0.1) is 0 Å². The molecule has 2 amide bonds. The van der Waals surface area contributed by atoms with E-state index >= 15 is 0 Å². The highest BCUT2D eigenvalue weighted by Gasteiger charge is 2.18. The number of nitrogens with one attached hydrogen (secondary N) is 3. The molecule has 9 nitrogen and oxygen atoms in total. The molecule has 0 bridgehead atoms. The van der Waals surface area contributed by atoms with Gasteiger partial charge in [0.05, 0.1) is 18.9 Å². The van der Waals surface area contributed by atoms with Gasteiger partial charge in [-0.1, -0.05) is 23.7 Å². The minimum absolute atomic E-state index is 0.122. The fourth-order valence-corrected chi connectivity index (χ4v) is 3.35. The third-order valence-corrected chi connectivity index (χ3v) is 5.08. The maximum atomic E-state index is 12.5. The van der Waals surface area contributed by atoms with E-state index in [1.54, 1.807) is 53.4 Å². The SMILES string of the molecule is N#Cc1c(-c2cccc(NC(=O)N3CCOCC3)c2)nc(Nc2ccc(Cl)cc2)[nH]c1=O. The Balaban J connectivity index is 1.63. The number of aromatic amines is 1. The van der Waals surface area contributed by atoms with E-state index in [4.69, 9.17) is 16.3 Å². The molecular formula is C22H19ClN6O3. The lowest BCUT2D eigenvalue weighted by Crippen LogP contribution is -2.43. The number of aromatic nitrogens is 2. The number of carbonyl (C=O) groups excluding carboxylic acids is 1. The Morgan fingerprint density at radius 3 is 2.62 bits per heavy atom. The molecule has 1 aromatic heterocycles. The maximum Gasteiger partial charge on any atom is 0.321 e. The molecule has 4 rings (SSSR count). The fraction of sp³-hybridized carbons (Fsp3) is 0.182. The van der Waals surface area contributed by atoms with E-state index in [-0.39, 0.29) is 23.2 Å². The first-order valence-electron chi connectivity index (χ1n) is 9.84. The van der Waals surface area contributed by atoms with Crippen molar-refractivity contribution >= 4 is 35.0 Å². The van der Waals surface area contributed by atoms with Crippen LogP contribution < -0.4 is 16.2 Å². The molecule has 2 heterocycles. The number of morpholine rings is 1. The number of nitrogens with zero attached hydrogens (tertiary/aromatic N) is 3. The van der Waals surface area contributed by atoms with Crippen molar-refractivity contribution < 1.29 is 9.53 Å². The number of halogens is 1. The van der Waals surface area contributed by atoms with Crippen molar-refractivity contribution in [3.05, 3.63) is 69.5 Å². The number of ether oxygens (including phenoxy) is 1. The standard InChI is InChI=1S/C22H19ClN6O3/c23-15-4-6-16(7-5-15)25-21-27-19(18(13-24)20(30)28-21)14-2-1-3-17(12-14)26-22(31)29-8-10-32-11-9-29/h1-7,12H,8-11H2,(H,26,31)(H2,25,27,28,30). The van der Waals surface area contributed by atoms with Crippen LogP contribution in [0.4, 0.5) is 22.1 Å². The summed E-state index contributed by atoms with van der Waals surface area (Å²) in [7, 11) is 0. The summed E-state index contributed by atoms with van der Waals surface area (Å²) >= 11 is 5.91. The third kappa shape index (κ3) is 4.88. The van der Waals surface area contributed by atoms with Crippen LogP contribution in [0.5, 0.6) is 0 Å². The number of H-pyrrole nitrogens is 1. The molecule has 0 spiro atoms. The van der Waals surface area contributed by atoms with Crippen LogP contribution in [0, 0.1) is 11.3 Å². The highest BCUT2D eigenvalue weighted by molar-refractivity contribution is 6.30. The lowest BCUT2D eigenvalue weighted by Gasteiger charge is -2.27. The number of benzene rings is 2. The Morgan fingerprint density at radius 2 is 1.91 bits per heavy atom. The molecule has 162 valence electrons. The topological polar surface area (TPSA) is 123 Å². The van der Waals surface area contributed by atoms with Gasteiger partial charge in [0.15, 0.2) is 0 Å². The second-order valence-electron chi connectivity index (χ2n) is 6.99. The van der Waals surface area contributed by atoms with Gasteiger partial charge in [-0.25, -0.2) is 9.78 Å². The van der Waals surface area contributed by atoms with Crippen molar-refractivity contribution in [1.29, 1.82) is 5.26 Å². The van der Waals surface area contributed by atoms with E-state index in [2.05, 4.69) is 20.6 Å². The van der Waals surface area contributed by atoms with Crippen molar-refractivity contribution in [2.24, 2.45) is 0 Å². The molecule has 1 aliphatic heterocycles. The van der Waals surface area contributed by atoms with E-state index in [0.29, 0.717) is 48.3 Å². The summed E-state index contributed by atoms with van der Waals surface area (Å²) in [5.74, 6) is 0.175. The summed E-state index contributed by atoms with van der Waals surface area (Å²) in [5.41, 5.74) is 1.22. The van der Waals surface area contributed by atoms with Crippen molar-refractivity contribution in [2.45, 2.75) is 0 Å². The van der Waals surface area contributed by atoms with Gasteiger partial charge in [0.1, 0.15) is 11.6 Å². The molecule has 0 saturated carbocycles. The normalized spacial score (nSPS) is 13.3. The summed E-state index contributed by atoms with van der Waals surface area (Å²) in [5, 5.41) is 15.9. The second kappa shape index (κ2) is 9.51. The van der Waals surface area contributed by atoms with Gasteiger partial charge in [0.25, 0.3) is 5.56 Å². The Morgan fingerprint density at radius 1 is 1.16 bits per heavy atom. The average Bonchev–Trinajstić information content (AvgIpc) is 2.81. The number of amides is 2. The predicted octanol–water partition coefficient (Wildman–Crippen LogP) is 3.57. The smallest absolute Gasteiger partial charge is 0.321 e. The third-order valence-electron chi connectivity index (χ3n) is 4.82. The number of rotatable bonds is 4. The largest absolute Gasteiger partial charge is 0.378 e. The molecule has 1 fully saturated rings. The molecule has 0 unspecified atom stereocenters. The Labute approximate surface area is 188 Å². The van der Waals surface area contributed by atoms with Crippen LogP contribution in [0.2, 0.25) is 5.02 Å². The lowest BCUT2D eigenvalue weighted by molar-refractivity contribution is 0.0564. The van der Waals surface area contributed by atoms with Gasteiger partial charge in [-0.2, -0.15) is 5.26 Å². The minimum Gasteiger partial charge on any atom is -0.378 e. The minimum atomic E-state index is -0.572. The van der Waals surface area contributed by atoms with E-state index in [1.165, 1.54) is 0 Å². The highest BCUT2D eigenvalue weighted by Crippen LogP contribution is 2.25. The monoisotopic (exact) mass is 450 g/mol. The number of anilines is 3. The molecule has 0 aliphatic carbocycles. The molecule has 10 heteroatoms. The highest BCUT2D eigenvalue weighted by atomic mass is 35.5. The molecule has 3 aromatic rings. The van der Waals surface area contributed by atoms with Gasteiger partial charge in [-0.05, 0) is 36.4 Å². The zero-order valence-corrected chi connectivity index (χ0v) is 17.6. The summed E-state index contributed by atoms with van der Waals surface area (Å²) in [6.07, 6.45) is 0. The van der Waals surface area contributed by atoms with E-state index in [1.807, 2.05) is 6.07 Å². The number of hydrogen-bond acceptors (Lipinski definition) is 6. The van der Waals surface area contributed by atoms with Crippen molar-refractivity contribution in [1.82, 2.24) is 14.9 Å². The Bertz CT molecular complexity index is 1230. The van der Waals surface area contributed by atoms with Crippen LogP contribution in [0.25, 0.3) is 11.3 Å². The van der Waals surface area contributed by atoms with Crippen LogP contribution in [-0.2, 0) is 4.74 Å². The van der Waals surface area contributed by atoms with Gasteiger partial charge in [0.2, 0.25) is 5.95 Å². The predicted molar refractivity (Wildman–Crippen MR) is 121 cm³/mol.